The maximum absolute atomic E-state index is 10.8. The van der Waals surface area contributed by atoms with E-state index in [-0.39, 0.29) is 5.91 Å². The lowest BCUT2D eigenvalue weighted by molar-refractivity contribution is -0.118. The van der Waals surface area contributed by atoms with E-state index in [1.807, 2.05) is 13.8 Å². The summed E-state index contributed by atoms with van der Waals surface area (Å²) in [6, 6.07) is 0. The van der Waals surface area contributed by atoms with Gasteiger partial charge in [-0.15, -0.1) is 0 Å². The Morgan fingerprint density at radius 3 is 2.78 bits per heavy atom. The molecule has 0 radical (unpaired) electrons. The number of nitrogens with zero attached hydrogens (tertiary/aromatic N) is 3. The quantitative estimate of drug-likeness (QED) is 0.838. The van der Waals surface area contributed by atoms with Gasteiger partial charge in [0, 0.05) is 18.7 Å². The van der Waals surface area contributed by atoms with Crippen molar-refractivity contribution < 1.29 is 4.79 Å². The Labute approximate surface area is 105 Å². The first-order valence-corrected chi connectivity index (χ1v) is 5.86. The molecule has 2 heterocycles. The Morgan fingerprint density at radius 2 is 2.11 bits per heavy atom. The van der Waals surface area contributed by atoms with Gasteiger partial charge in [0.1, 0.15) is 17.8 Å². The Morgan fingerprint density at radius 1 is 1.39 bits per heavy atom. The molecule has 0 saturated heterocycles. The summed E-state index contributed by atoms with van der Waals surface area (Å²) in [4.78, 5) is 19.1. The predicted molar refractivity (Wildman–Crippen MR) is 69.8 cm³/mol. The van der Waals surface area contributed by atoms with E-state index in [9.17, 15) is 4.79 Å². The van der Waals surface area contributed by atoms with Crippen LogP contribution in [0.3, 0.4) is 0 Å². The summed E-state index contributed by atoms with van der Waals surface area (Å²) in [6.07, 6.45) is 2.53. The summed E-state index contributed by atoms with van der Waals surface area (Å²) in [5, 5.41) is 0.897. The van der Waals surface area contributed by atoms with Gasteiger partial charge in [-0.25, -0.2) is 9.97 Å². The Hall–Kier alpha value is -2.11. The van der Waals surface area contributed by atoms with Gasteiger partial charge in [-0.2, -0.15) is 0 Å². The van der Waals surface area contributed by atoms with Gasteiger partial charge in [0.15, 0.2) is 0 Å². The van der Waals surface area contributed by atoms with Crippen molar-refractivity contribution >= 4 is 22.8 Å². The molecule has 0 aromatic carbocycles. The van der Waals surface area contributed by atoms with Gasteiger partial charge in [0.25, 0.3) is 0 Å². The first-order chi connectivity index (χ1) is 8.52. The molecular weight excluding hydrogens is 230 g/mol. The normalized spacial score (nSPS) is 11.0. The summed E-state index contributed by atoms with van der Waals surface area (Å²) < 4.78 is 2.06. The van der Waals surface area contributed by atoms with E-state index in [0.29, 0.717) is 25.2 Å². The second-order valence-corrected chi connectivity index (χ2v) is 4.39. The van der Waals surface area contributed by atoms with Crippen LogP contribution < -0.4 is 11.5 Å². The van der Waals surface area contributed by atoms with E-state index in [1.54, 1.807) is 0 Å². The van der Waals surface area contributed by atoms with Crippen molar-refractivity contribution in [3.8, 4) is 0 Å². The third-order valence-corrected chi connectivity index (χ3v) is 3.24. The van der Waals surface area contributed by atoms with Crippen LogP contribution in [0.15, 0.2) is 6.33 Å². The minimum atomic E-state index is -0.282. The number of primary amides is 1. The van der Waals surface area contributed by atoms with Crippen molar-refractivity contribution in [2.24, 2.45) is 5.73 Å². The maximum Gasteiger partial charge on any atom is 0.217 e. The third kappa shape index (κ3) is 2.01. The zero-order valence-corrected chi connectivity index (χ0v) is 10.6. The zero-order chi connectivity index (χ0) is 13.3. The third-order valence-electron chi connectivity index (χ3n) is 3.24. The van der Waals surface area contributed by atoms with Crippen LogP contribution in [0.1, 0.15) is 24.1 Å². The number of rotatable bonds is 4. The van der Waals surface area contributed by atoms with Crippen LogP contribution in [0.4, 0.5) is 5.82 Å². The van der Waals surface area contributed by atoms with Crippen LogP contribution in [-0.2, 0) is 11.3 Å². The molecule has 6 nitrogen and oxygen atoms in total. The number of hydrogen-bond acceptors (Lipinski definition) is 4. The molecule has 2 rings (SSSR count). The fourth-order valence-electron chi connectivity index (χ4n) is 2.18. The molecule has 0 unspecified atom stereocenters. The fourth-order valence-corrected chi connectivity index (χ4v) is 2.18. The van der Waals surface area contributed by atoms with Gasteiger partial charge >= 0.3 is 0 Å². The van der Waals surface area contributed by atoms with Crippen LogP contribution in [0.5, 0.6) is 0 Å². The smallest absolute Gasteiger partial charge is 0.217 e. The van der Waals surface area contributed by atoms with E-state index in [2.05, 4.69) is 14.5 Å². The van der Waals surface area contributed by atoms with Crippen LogP contribution >= 0.6 is 0 Å². The van der Waals surface area contributed by atoms with Crippen molar-refractivity contribution in [3.63, 3.8) is 0 Å². The van der Waals surface area contributed by atoms with Crippen molar-refractivity contribution in [1.82, 2.24) is 14.5 Å². The summed E-state index contributed by atoms with van der Waals surface area (Å²) in [5.74, 6) is 0.212. The number of aryl methyl sites for hydroxylation is 2. The average molecular weight is 247 g/mol. The zero-order valence-electron chi connectivity index (χ0n) is 10.6. The minimum Gasteiger partial charge on any atom is -0.383 e. The lowest BCUT2D eigenvalue weighted by Gasteiger charge is -2.06. The van der Waals surface area contributed by atoms with Crippen LogP contribution in [0.25, 0.3) is 11.0 Å². The first-order valence-electron chi connectivity index (χ1n) is 5.86. The molecule has 2 aromatic heterocycles. The van der Waals surface area contributed by atoms with Crippen molar-refractivity contribution in [1.29, 1.82) is 0 Å². The molecule has 96 valence electrons. The Kier molecular flexibility index (Phi) is 3.18. The molecule has 0 atom stereocenters. The Balaban J connectivity index is 2.41. The molecule has 0 aliphatic carbocycles. The summed E-state index contributed by atoms with van der Waals surface area (Å²) >= 11 is 0. The predicted octanol–water partition coefficient (Wildman–Crippen LogP) is 0.896. The number of carbonyl (C=O) groups is 1. The van der Waals surface area contributed by atoms with Gasteiger partial charge in [-0.3, -0.25) is 4.79 Å². The van der Waals surface area contributed by atoms with Gasteiger partial charge in [0.2, 0.25) is 5.91 Å². The second kappa shape index (κ2) is 4.64. The summed E-state index contributed by atoms with van der Waals surface area (Å²) in [7, 11) is 0. The Bertz CT molecular complexity index is 602. The number of anilines is 1. The van der Waals surface area contributed by atoms with Crippen molar-refractivity contribution in [3.05, 3.63) is 17.6 Å². The number of amides is 1. The molecule has 0 aliphatic rings. The van der Waals surface area contributed by atoms with Crippen molar-refractivity contribution in [2.45, 2.75) is 33.2 Å². The van der Waals surface area contributed by atoms with E-state index in [0.717, 1.165) is 22.3 Å². The van der Waals surface area contributed by atoms with Crippen LogP contribution in [0, 0.1) is 13.8 Å². The van der Waals surface area contributed by atoms with E-state index >= 15 is 0 Å². The number of carbonyl (C=O) groups excluding carboxylic acids is 1. The summed E-state index contributed by atoms with van der Waals surface area (Å²) in [5.41, 5.74) is 14.0. The monoisotopic (exact) mass is 247 g/mol. The molecule has 0 aliphatic heterocycles. The lowest BCUT2D eigenvalue weighted by Crippen LogP contribution is -2.12. The van der Waals surface area contributed by atoms with Crippen LogP contribution in [0.2, 0.25) is 0 Å². The van der Waals surface area contributed by atoms with E-state index < -0.39 is 0 Å². The molecule has 2 aromatic rings. The van der Waals surface area contributed by atoms with E-state index in [4.69, 9.17) is 11.5 Å². The molecule has 0 fully saturated rings. The van der Waals surface area contributed by atoms with Gasteiger partial charge in [-0.1, -0.05) is 0 Å². The summed E-state index contributed by atoms with van der Waals surface area (Å²) in [6.45, 7) is 4.72. The van der Waals surface area contributed by atoms with Crippen molar-refractivity contribution in [2.75, 3.05) is 5.73 Å². The highest BCUT2D eigenvalue weighted by Gasteiger charge is 2.14. The number of fused-ring (bicyclic) bond motifs is 1. The molecule has 1 amide bonds. The topological polar surface area (TPSA) is 99.8 Å². The number of nitrogen functional groups attached to an aromatic ring is 1. The molecule has 4 N–H and O–H groups in total. The number of hydrogen-bond donors (Lipinski definition) is 2. The van der Waals surface area contributed by atoms with Gasteiger partial charge < -0.3 is 16.0 Å². The highest BCUT2D eigenvalue weighted by Crippen LogP contribution is 2.27. The van der Waals surface area contributed by atoms with Gasteiger partial charge in [-0.05, 0) is 25.8 Å². The lowest BCUT2D eigenvalue weighted by atomic mass is 10.2. The van der Waals surface area contributed by atoms with Crippen LogP contribution in [-0.4, -0.2) is 20.4 Å². The van der Waals surface area contributed by atoms with Gasteiger partial charge in [0.05, 0.1) is 5.39 Å². The molecule has 18 heavy (non-hydrogen) atoms. The maximum atomic E-state index is 10.8. The molecule has 0 bridgehead atoms. The number of nitrogens with two attached hydrogens (primary N) is 2. The standard InChI is InChI=1S/C12H17N5O/c1-7-8(2)17(5-3-4-9(13)18)12-10(7)11(14)15-6-16-12/h6H,3-5H2,1-2H3,(H2,13,18)(H2,14,15,16). The number of aromatic nitrogens is 3. The molecule has 0 saturated carbocycles. The fraction of sp³-hybridized carbons (Fsp3) is 0.417. The largest absolute Gasteiger partial charge is 0.383 e. The molecule has 6 heteroatoms. The SMILES string of the molecule is Cc1c(C)n(CCCC(N)=O)c2ncnc(N)c12. The highest BCUT2D eigenvalue weighted by molar-refractivity contribution is 5.90. The average Bonchev–Trinajstić information content (AvgIpc) is 2.55. The molecular formula is C12H17N5O. The first kappa shape index (κ1) is 12.3. The minimum absolute atomic E-state index is 0.282. The highest BCUT2D eigenvalue weighted by atomic mass is 16.1. The molecule has 0 spiro atoms. The van der Waals surface area contributed by atoms with E-state index in [1.165, 1.54) is 6.33 Å². The second-order valence-electron chi connectivity index (χ2n) is 4.39.